The number of hydrogen-bond donors (Lipinski definition) is 2. The van der Waals surface area contributed by atoms with Gasteiger partial charge in [0.1, 0.15) is 0 Å². The molecule has 0 fully saturated rings. The third-order valence-corrected chi connectivity index (χ3v) is 2.96. The van der Waals surface area contributed by atoms with Crippen LogP contribution < -0.4 is 20.5 Å². The number of nitrogens with one attached hydrogen (secondary N) is 2. The maximum absolute atomic E-state index is 11.5. The van der Waals surface area contributed by atoms with Crippen molar-refractivity contribution < 1.29 is 9.47 Å². The molecule has 0 saturated carbocycles. The molecule has 7 heteroatoms. The zero-order valence-electron chi connectivity index (χ0n) is 12.7. The maximum Gasteiger partial charge on any atom is 0.252 e. The molecule has 116 valence electrons. The minimum absolute atomic E-state index is 0.219. The first-order valence-electron chi connectivity index (χ1n) is 6.78. The van der Waals surface area contributed by atoms with E-state index in [4.69, 9.17) is 9.47 Å². The number of hydrazone groups is 1. The summed E-state index contributed by atoms with van der Waals surface area (Å²) in [6.07, 6.45) is 2.24. The molecule has 0 spiro atoms. The molecule has 1 aromatic carbocycles. The van der Waals surface area contributed by atoms with Crippen LogP contribution in [0.15, 0.2) is 34.2 Å². The Labute approximate surface area is 128 Å². The second-order valence-electron chi connectivity index (χ2n) is 4.39. The van der Waals surface area contributed by atoms with E-state index in [1.54, 1.807) is 26.5 Å². The molecule has 0 saturated heterocycles. The lowest BCUT2D eigenvalue weighted by atomic mass is 10.2. The molecule has 0 aliphatic rings. The summed E-state index contributed by atoms with van der Waals surface area (Å²) in [6, 6.07) is 6.93. The van der Waals surface area contributed by atoms with Gasteiger partial charge in [0, 0.05) is 17.3 Å². The van der Waals surface area contributed by atoms with Crippen molar-refractivity contribution >= 4 is 12.2 Å². The van der Waals surface area contributed by atoms with Gasteiger partial charge in [-0.25, -0.2) is 10.4 Å². The van der Waals surface area contributed by atoms with Crippen LogP contribution in [0.25, 0.3) is 0 Å². The average molecular weight is 302 g/mol. The Morgan fingerprint density at radius 2 is 2.18 bits per heavy atom. The van der Waals surface area contributed by atoms with Crippen molar-refractivity contribution in [3.05, 3.63) is 45.9 Å². The van der Waals surface area contributed by atoms with Gasteiger partial charge in [-0.2, -0.15) is 5.10 Å². The van der Waals surface area contributed by atoms with Crippen LogP contribution >= 0.6 is 0 Å². The summed E-state index contributed by atoms with van der Waals surface area (Å²) >= 11 is 0. The fourth-order valence-corrected chi connectivity index (χ4v) is 1.92. The highest BCUT2D eigenvalue weighted by molar-refractivity contribution is 5.85. The first kappa shape index (κ1) is 15.6. The van der Waals surface area contributed by atoms with E-state index >= 15 is 0 Å². The summed E-state index contributed by atoms with van der Waals surface area (Å²) in [6.45, 7) is 1.93. The highest BCUT2D eigenvalue weighted by Gasteiger charge is 2.07. The normalized spacial score (nSPS) is 10.7. The first-order valence-corrected chi connectivity index (χ1v) is 6.78. The van der Waals surface area contributed by atoms with E-state index in [1.165, 1.54) is 6.07 Å². The predicted molar refractivity (Wildman–Crippen MR) is 85.0 cm³/mol. The third kappa shape index (κ3) is 3.63. The molecule has 2 aromatic rings. The molecule has 0 aliphatic carbocycles. The molecule has 1 aromatic heterocycles. The Hall–Kier alpha value is -2.83. The van der Waals surface area contributed by atoms with Gasteiger partial charge in [0.15, 0.2) is 11.5 Å². The smallest absolute Gasteiger partial charge is 0.252 e. The van der Waals surface area contributed by atoms with E-state index in [0.29, 0.717) is 29.6 Å². The molecule has 0 radical (unpaired) electrons. The summed E-state index contributed by atoms with van der Waals surface area (Å²) in [5, 5.41) is 4.07. The lowest BCUT2D eigenvalue weighted by molar-refractivity contribution is 0.354. The molecular formula is C15H18N4O3. The van der Waals surface area contributed by atoms with Crippen LogP contribution in [0.3, 0.4) is 0 Å². The lowest BCUT2D eigenvalue weighted by Crippen LogP contribution is -2.11. The van der Waals surface area contributed by atoms with Crippen molar-refractivity contribution in [2.45, 2.75) is 13.3 Å². The van der Waals surface area contributed by atoms with Gasteiger partial charge >= 0.3 is 0 Å². The molecule has 2 rings (SSSR count). The summed E-state index contributed by atoms with van der Waals surface area (Å²) in [4.78, 5) is 18.3. The molecule has 22 heavy (non-hydrogen) atoms. The topological polar surface area (TPSA) is 88.6 Å². The van der Waals surface area contributed by atoms with Crippen LogP contribution in [0.1, 0.15) is 18.2 Å². The summed E-state index contributed by atoms with van der Waals surface area (Å²) in [5.74, 6) is 1.49. The van der Waals surface area contributed by atoms with E-state index in [-0.39, 0.29) is 5.56 Å². The monoisotopic (exact) mass is 302 g/mol. The van der Waals surface area contributed by atoms with Crippen LogP contribution in [-0.2, 0) is 6.42 Å². The van der Waals surface area contributed by atoms with Crippen LogP contribution in [0.2, 0.25) is 0 Å². The summed E-state index contributed by atoms with van der Waals surface area (Å²) in [7, 11) is 3.13. The largest absolute Gasteiger partial charge is 0.493 e. The highest BCUT2D eigenvalue weighted by Crippen LogP contribution is 2.29. The van der Waals surface area contributed by atoms with Crippen molar-refractivity contribution in [2.24, 2.45) is 5.10 Å². The molecule has 0 unspecified atom stereocenters. The van der Waals surface area contributed by atoms with Crippen LogP contribution in [0, 0.1) is 0 Å². The number of ether oxygens (including phenoxy) is 2. The van der Waals surface area contributed by atoms with Gasteiger partial charge < -0.3 is 9.47 Å². The number of benzene rings is 1. The molecule has 0 aliphatic heterocycles. The van der Waals surface area contributed by atoms with Crippen molar-refractivity contribution in [2.75, 3.05) is 19.6 Å². The van der Waals surface area contributed by atoms with Gasteiger partial charge in [-0.3, -0.25) is 9.78 Å². The maximum atomic E-state index is 11.5. The zero-order valence-corrected chi connectivity index (χ0v) is 12.7. The Morgan fingerprint density at radius 3 is 2.86 bits per heavy atom. The zero-order chi connectivity index (χ0) is 15.9. The van der Waals surface area contributed by atoms with Crippen LogP contribution in [0.4, 0.5) is 5.95 Å². The van der Waals surface area contributed by atoms with E-state index in [2.05, 4.69) is 20.5 Å². The van der Waals surface area contributed by atoms with Gasteiger partial charge in [0.05, 0.1) is 20.4 Å². The number of anilines is 1. The molecule has 7 nitrogen and oxygen atoms in total. The van der Waals surface area contributed by atoms with Gasteiger partial charge in [0.25, 0.3) is 5.56 Å². The predicted octanol–water partition coefficient (Wildman–Crippen LogP) is 1.80. The second kappa shape index (κ2) is 7.26. The van der Waals surface area contributed by atoms with Crippen molar-refractivity contribution in [3.8, 4) is 11.5 Å². The molecule has 0 bridgehead atoms. The minimum Gasteiger partial charge on any atom is -0.493 e. The number of aromatic amines is 1. The minimum atomic E-state index is -0.219. The number of hydrogen-bond acceptors (Lipinski definition) is 6. The highest BCUT2D eigenvalue weighted by atomic mass is 16.5. The summed E-state index contributed by atoms with van der Waals surface area (Å²) in [5.41, 5.74) is 3.92. The molecular weight excluding hydrogens is 284 g/mol. The third-order valence-electron chi connectivity index (χ3n) is 2.96. The Kier molecular flexibility index (Phi) is 5.13. The molecule has 1 heterocycles. The molecule has 2 N–H and O–H groups in total. The van der Waals surface area contributed by atoms with Gasteiger partial charge in [0.2, 0.25) is 5.95 Å². The number of methoxy groups -OCH3 is 2. The van der Waals surface area contributed by atoms with E-state index in [1.807, 2.05) is 19.1 Å². The van der Waals surface area contributed by atoms with Crippen molar-refractivity contribution in [1.82, 2.24) is 9.97 Å². The number of H-pyrrole nitrogens is 1. The van der Waals surface area contributed by atoms with Gasteiger partial charge in [-0.05, 0) is 18.6 Å². The van der Waals surface area contributed by atoms with Crippen molar-refractivity contribution in [1.29, 1.82) is 0 Å². The number of aryl methyl sites for hydroxylation is 1. The standard InChI is InChI=1S/C15H18N4O3/c1-4-11-8-13(20)18-15(17-11)19-16-9-10-6-5-7-12(21-2)14(10)22-3/h5-9H,4H2,1-3H3,(H2,17,18,19,20)/b16-9-. The fourth-order valence-electron chi connectivity index (χ4n) is 1.92. The second-order valence-corrected chi connectivity index (χ2v) is 4.39. The summed E-state index contributed by atoms with van der Waals surface area (Å²) < 4.78 is 10.5. The van der Waals surface area contributed by atoms with Gasteiger partial charge in [-0.1, -0.05) is 13.0 Å². The van der Waals surface area contributed by atoms with Crippen LogP contribution in [-0.4, -0.2) is 30.4 Å². The average Bonchev–Trinajstić information content (AvgIpc) is 2.53. The van der Waals surface area contributed by atoms with Crippen LogP contribution in [0.5, 0.6) is 11.5 Å². The number of para-hydroxylation sites is 1. The van der Waals surface area contributed by atoms with Gasteiger partial charge in [-0.15, -0.1) is 0 Å². The molecule has 0 amide bonds. The fraction of sp³-hybridized carbons (Fsp3) is 0.267. The first-order chi connectivity index (χ1) is 10.7. The number of aromatic nitrogens is 2. The Morgan fingerprint density at radius 1 is 1.36 bits per heavy atom. The number of rotatable bonds is 6. The quantitative estimate of drug-likeness (QED) is 0.627. The lowest BCUT2D eigenvalue weighted by Gasteiger charge is -2.09. The molecule has 0 atom stereocenters. The van der Waals surface area contributed by atoms with E-state index < -0.39 is 0 Å². The Balaban J connectivity index is 2.20. The Bertz CT molecular complexity index is 725. The number of nitrogens with zero attached hydrogens (tertiary/aromatic N) is 2. The van der Waals surface area contributed by atoms with E-state index in [9.17, 15) is 4.79 Å². The SMILES string of the molecule is CCc1cc(=O)[nH]c(N/N=C\c2cccc(OC)c2OC)n1. The van der Waals surface area contributed by atoms with E-state index in [0.717, 1.165) is 5.56 Å². The van der Waals surface area contributed by atoms with Crippen molar-refractivity contribution in [3.63, 3.8) is 0 Å².